The van der Waals surface area contributed by atoms with E-state index in [9.17, 15) is 19.5 Å². The van der Waals surface area contributed by atoms with Crippen LogP contribution < -0.4 is 5.32 Å². The van der Waals surface area contributed by atoms with Crippen molar-refractivity contribution in [3.8, 4) is 22.5 Å². The van der Waals surface area contributed by atoms with Crippen molar-refractivity contribution in [2.45, 2.75) is 44.6 Å². The number of rotatable bonds is 7. The largest absolute Gasteiger partial charge is 0.480 e. The van der Waals surface area contributed by atoms with Gasteiger partial charge in [0.1, 0.15) is 18.0 Å². The molecular weight excluding hydrogens is 554 g/mol. The van der Waals surface area contributed by atoms with Crippen LogP contribution in [-0.2, 0) is 4.79 Å². The summed E-state index contributed by atoms with van der Waals surface area (Å²) >= 11 is 0. The SMILES string of the molecule is Cc1c(NC(=O)c2ccc(C3CC3)cc2)cccc1-c1ncnc2[nH]c(-c3ccc(C(=O)N4CCC[C@H]4C(=O)O)cc3)cc12. The third kappa shape index (κ3) is 5.10. The average Bonchev–Trinajstić information content (AvgIpc) is 3.59. The molecule has 3 aromatic carbocycles. The van der Waals surface area contributed by atoms with E-state index in [1.54, 1.807) is 12.1 Å². The summed E-state index contributed by atoms with van der Waals surface area (Å²) in [4.78, 5) is 51.5. The van der Waals surface area contributed by atoms with E-state index in [2.05, 4.69) is 20.3 Å². The molecule has 2 aliphatic rings. The van der Waals surface area contributed by atoms with Crippen molar-refractivity contribution in [2.24, 2.45) is 0 Å². The van der Waals surface area contributed by atoms with Gasteiger partial charge in [-0.1, -0.05) is 36.4 Å². The summed E-state index contributed by atoms with van der Waals surface area (Å²) in [6.45, 7) is 2.41. The second-order valence-corrected chi connectivity index (χ2v) is 11.6. The number of hydrogen-bond acceptors (Lipinski definition) is 5. The highest BCUT2D eigenvalue weighted by atomic mass is 16.4. The Hall–Kier alpha value is -5.31. The van der Waals surface area contributed by atoms with Crippen molar-refractivity contribution in [3.05, 3.63) is 101 Å². The molecule has 0 unspecified atom stereocenters. The molecule has 2 amide bonds. The fourth-order valence-electron chi connectivity index (χ4n) is 6.08. The minimum Gasteiger partial charge on any atom is -0.480 e. The number of amides is 2. The molecule has 3 heterocycles. The monoisotopic (exact) mass is 585 g/mol. The van der Waals surface area contributed by atoms with Gasteiger partial charge in [-0.2, -0.15) is 0 Å². The number of anilines is 1. The van der Waals surface area contributed by atoms with Gasteiger partial charge in [-0.05, 0) is 91.6 Å². The second kappa shape index (κ2) is 11.1. The molecule has 44 heavy (non-hydrogen) atoms. The molecule has 1 aliphatic carbocycles. The zero-order valence-corrected chi connectivity index (χ0v) is 24.2. The van der Waals surface area contributed by atoms with Crippen molar-refractivity contribution in [2.75, 3.05) is 11.9 Å². The van der Waals surface area contributed by atoms with E-state index >= 15 is 0 Å². The molecule has 3 N–H and O–H groups in total. The highest BCUT2D eigenvalue weighted by Crippen LogP contribution is 2.40. The van der Waals surface area contributed by atoms with E-state index in [4.69, 9.17) is 0 Å². The van der Waals surface area contributed by atoms with Gasteiger partial charge in [0, 0.05) is 40.0 Å². The Kier molecular flexibility index (Phi) is 6.93. The predicted molar refractivity (Wildman–Crippen MR) is 168 cm³/mol. The van der Waals surface area contributed by atoms with Gasteiger partial charge >= 0.3 is 5.97 Å². The van der Waals surface area contributed by atoms with Crippen molar-refractivity contribution in [1.29, 1.82) is 0 Å². The molecule has 220 valence electrons. The molecule has 5 aromatic rings. The Labute approximate surface area is 254 Å². The number of fused-ring (bicyclic) bond motifs is 1. The van der Waals surface area contributed by atoms with Crippen molar-refractivity contribution in [3.63, 3.8) is 0 Å². The Morgan fingerprint density at radius 2 is 1.68 bits per heavy atom. The van der Waals surface area contributed by atoms with Crippen molar-refractivity contribution < 1.29 is 19.5 Å². The molecular formula is C35H31N5O4. The Morgan fingerprint density at radius 3 is 2.41 bits per heavy atom. The van der Waals surface area contributed by atoms with Crippen molar-refractivity contribution >= 4 is 34.5 Å². The third-order valence-corrected chi connectivity index (χ3v) is 8.73. The molecule has 0 bridgehead atoms. The van der Waals surface area contributed by atoms with Crippen LogP contribution in [-0.4, -0.2) is 55.3 Å². The smallest absolute Gasteiger partial charge is 0.326 e. The standard InChI is InChI=1S/C35H31N5O4/c1-20-26(4-2-5-28(20)39-33(41)24-13-9-22(10-14-24)21-7-8-21)31-27-18-29(38-32(27)37-19-36-31)23-11-15-25(16-12-23)34(42)40-17-3-6-30(40)35(43)44/h2,4-5,9-16,18-19,21,30H,3,6-8,17H2,1H3,(H,39,41)(H,43,44)(H,36,37,38)/t30-/m0/s1. The first-order valence-electron chi connectivity index (χ1n) is 14.9. The first kappa shape index (κ1) is 27.5. The lowest BCUT2D eigenvalue weighted by atomic mass is 10.0. The van der Waals surface area contributed by atoms with E-state index in [0.717, 1.165) is 33.5 Å². The van der Waals surface area contributed by atoms with E-state index in [0.29, 0.717) is 47.8 Å². The summed E-state index contributed by atoms with van der Waals surface area (Å²) < 4.78 is 0. The maximum Gasteiger partial charge on any atom is 0.326 e. The van der Waals surface area contributed by atoms with Gasteiger partial charge in [0.15, 0.2) is 0 Å². The fraction of sp³-hybridized carbons (Fsp3) is 0.229. The van der Waals surface area contributed by atoms with Gasteiger partial charge in [-0.25, -0.2) is 14.8 Å². The van der Waals surface area contributed by atoms with Gasteiger partial charge in [0.05, 0.1) is 5.69 Å². The number of H-pyrrole nitrogens is 1. The van der Waals surface area contributed by atoms with Crippen LogP contribution in [0.1, 0.15) is 63.4 Å². The molecule has 1 saturated heterocycles. The number of hydrogen-bond donors (Lipinski definition) is 3. The molecule has 1 atom stereocenters. The third-order valence-electron chi connectivity index (χ3n) is 8.73. The van der Waals surface area contributed by atoms with Gasteiger partial charge < -0.3 is 20.3 Å². The number of likely N-dealkylation sites (tertiary alicyclic amines) is 1. The molecule has 2 fully saturated rings. The molecule has 0 spiro atoms. The molecule has 1 saturated carbocycles. The summed E-state index contributed by atoms with van der Waals surface area (Å²) in [6, 6.07) is 22.0. The van der Waals surface area contributed by atoms with Crippen LogP contribution in [0.15, 0.2) is 79.1 Å². The number of carbonyl (C=O) groups excluding carboxylic acids is 2. The van der Waals surface area contributed by atoms with Crippen LogP contribution in [0.25, 0.3) is 33.5 Å². The zero-order chi connectivity index (χ0) is 30.4. The quantitative estimate of drug-likeness (QED) is 0.202. The number of carboxylic acid groups (broad SMARTS) is 1. The van der Waals surface area contributed by atoms with E-state index < -0.39 is 12.0 Å². The van der Waals surface area contributed by atoms with Gasteiger partial charge in [-0.3, -0.25) is 9.59 Å². The number of aromatic amines is 1. The number of nitrogens with one attached hydrogen (secondary N) is 2. The summed E-state index contributed by atoms with van der Waals surface area (Å²) in [6.07, 6.45) is 5.11. The summed E-state index contributed by atoms with van der Waals surface area (Å²) in [5.74, 6) is -0.760. The summed E-state index contributed by atoms with van der Waals surface area (Å²) in [7, 11) is 0. The van der Waals surface area contributed by atoms with Crippen LogP contribution in [0.3, 0.4) is 0 Å². The Morgan fingerprint density at radius 1 is 0.932 bits per heavy atom. The topological polar surface area (TPSA) is 128 Å². The van der Waals surface area contributed by atoms with Crippen LogP contribution in [0.2, 0.25) is 0 Å². The average molecular weight is 586 g/mol. The van der Waals surface area contributed by atoms with Crippen LogP contribution in [0, 0.1) is 6.92 Å². The maximum absolute atomic E-state index is 13.1. The summed E-state index contributed by atoms with van der Waals surface area (Å²) in [5.41, 5.74) is 7.90. The normalized spacial score (nSPS) is 16.3. The molecule has 7 rings (SSSR count). The number of benzene rings is 3. The van der Waals surface area contributed by atoms with E-state index in [1.807, 2.05) is 67.6 Å². The van der Waals surface area contributed by atoms with E-state index in [-0.39, 0.29) is 11.8 Å². The van der Waals surface area contributed by atoms with Crippen LogP contribution in [0.4, 0.5) is 5.69 Å². The molecule has 9 heteroatoms. The minimum absolute atomic E-state index is 0.158. The number of aromatic nitrogens is 3. The fourth-order valence-corrected chi connectivity index (χ4v) is 6.08. The lowest BCUT2D eigenvalue weighted by molar-refractivity contribution is -0.141. The number of carbonyl (C=O) groups is 3. The Bertz CT molecular complexity index is 1910. The van der Waals surface area contributed by atoms with Gasteiger partial charge in [-0.15, -0.1) is 0 Å². The maximum atomic E-state index is 13.1. The zero-order valence-electron chi connectivity index (χ0n) is 24.2. The molecule has 2 aromatic heterocycles. The minimum atomic E-state index is -0.968. The summed E-state index contributed by atoms with van der Waals surface area (Å²) in [5, 5.41) is 13.4. The van der Waals surface area contributed by atoms with Gasteiger partial charge in [0.25, 0.3) is 11.8 Å². The number of aliphatic carboxylic acids is 1. The lowest BCUT2D eigenvalue weighted by Gasteiger charge is -2.21. The molecule has 0 radical (unpaired) electrons. The van der Waals surface area contributed by atoms with Crippen LogP contribution >= 0.6 is 0 Å². The highest BCUT2D eigenvalue weighted by molar-refractivity contribution is 6.05. The number of nitrogens with zero attached hydrogens (tertiary/aromatic N) is 3. The first-order valence-corrected chi connectivity index (χ1v) is 14.9. The van der Waals surface area contributed by atoms with E-state index in [1.165, 1.54) is 29.6 Å². The predicted octanol–water partition coefficient (Wildman–Crippen LogP) is 6.42. The highest BCUT2D eigenvalue weighted by Gasteiger charge is 2.34. The van der Waals surface area contributed by atoms with Crippen molar-refractivity contribution in [1.82, 2.24) is 19.9 Å². The molecule has 1 aliphatic heterocycles. The first-order chi connectivity index (χ1) is 21.4. The second-order valence-electron chi connectivity index (χ2n) is 11.6. The number of carboxylic acids is 1. The van der Waals surface area contributed by atoms with Gasteiger partial charge in [0.2, 0.25) is 0 Å². The van der Waals surface area contributed by atoms with Crippen LogP contribution in [0.5, 0.6) is 0 Å². The Balaban J connectivity index is 1.14. The molecule has 9 nitrogen and oxygen atoms in total. The lowest BCUT2D eigenvalue weighted by Crippen LogP contribution is -2.40.